The minimum absolute atomic E-state index is 0.574. The van der Waals surface area contributed by atoms with Crippen LogP contribution in [0.2, 0.25) is 0 Å². The van der Waals surface area contributed by atoms with Crippen LogP contribution in [0.25, 0.3) is 0 Å². The van der Waals surface area contributed by atoms with Crippen molar-refractivity contribution in [2.24, 2.45) is 0 Å². The summed E-state index contributed by atoms with van der Waals surface area (Å²) in [5, 5.41) is 3.37. The van der Waals surface area contributed by atoms with E-state index in [1.807, 2.05) is 0 Å². The van der Waals surface area contributed by atoms with Gasteiger partial charge in [0.1, 0.15) is 5.82 Å². The van der Waals surface area contributed by atoms with Crippen LogP contribution in [0.1, 0.15) is 55.7 Å². The van der Waals surface area contributed by atoms with Crippen LogP contribution in [-0.2, 0) is 6.42 Å². The summed E-state index contributed by atoms with van der Waals surface area (Å²) >= 11 is 0. The zero-order valence-corrected chi connectivity index (χ0v) is 11.2. The van der Waals surface area contributed by atoms with Gasteiger partial charge in [0.05, 0.1) is 0 Å². The molecule has 0 spiro atoms. The third-order valence-electron chi connectivity index (χ3n) is 3.79. The lowest BCUT2D eigenvalue weighted by Gasteiger charge is -2.27. The Morgan fingerprint density at radius 2 is 1.94 bits per heavy atom. The van der Waals surface area contributed by atoms with Gasteiger partial charge >= 0.3 is 0 Å². The lowest BCUT2D eigenvalue weighted by atomic mass is 9.85. The van der Waals surface area contributed by atoms with Gasteiger partial charge in [0.2, 0.25) is 0 Å². The first kappa shape index (κ1) is 12.5. The van der Waals surface area contributed by atoms with Crippen molar-refractivity contribution >= 4 is 0 Å². The van der Waals surface area contributed by atoms with Crippen LogP contribution in [0.4, 0.5) is 0 Å². The van der Waals surface area contributed by atoms with Crippen molar-refractivity contribution in [2.45, 2.75) is 57.9 Å². The number of nitrogens with one attached hydrogen (secondary N) is 1. The van der Waals surface area contributed by atoms with Gasteiger partial charge in [-0.3, -0.25) is 0 Å². The predicted octanol–water partition coefficient (Wildman–Crippen LogP) is 2.59. The topological polar surface area (TPSA) is 37.8 Å². The van der Waals surface area contributed by atoms with Crippen molar-refractivity contribution < 1.29 is 0 Å². The molecular formula is C14H23N3. The molecule has 1 aliphatic carbocycles. The maximum atomic E-state index is 4.70. The van der Waals surface area contributed by atoms with Crippen molar-refractivity contribution in [1.29, 1.82) is 0 Å². The summed E-state index contributed by atoms with van der Waals surface area (Å²) in [7, 11) is 2.06. The van der Waals surface area contributed by atoms with E-state index in [0.29, 0.717) is 12.0 Å². The van der Waals surface area contributed by atoms with Crippen LogP contribution in [0.15, 0.2) is 6.07 Å². The molecule has 17 heavy (non-hydrogen) atoms. The van der Waals surface area contributed by atoms with Crippen molar-refractivity contribution in [3.63, 3.8) is 0 Å². The van der Waals surface area contributed by atoms with Gasteiger partial charge in [0, 0.05) is 23.3 Å². The summed E-state index contributed by atoms with van der Waals surface area (Å²) in [5.41, 5.74) is 2.30. The molecule has 3 heteroatoms. The van der Waals surface area contributed by atoms with Crippen molar-refractivity contribution in [2.75, 3.05) is 7.05 Å². The number of hydrogen-bond acceptors (Lipinski definition) is 3. The van der Waals surface area contributed by atoms with E-state index in [4.69, 9.17) is 4.98 Å². The fourth-order valence-electron chi connectivity index (χ4n) is 2.66. The predicted molar refractivity (Wildman–Crippen MR) is 70.2 cm³/mol. The summed E-state index contributed by atoms with van der Waals surface area (Å²) < 4.78 is 0. The number of rotatable bonds is 3. The Bertz CT molecular complexity index is 368. The second-order valence-corrected chi connectivity index (χ2v) is 5.05. The third kappa shape index (κ3) is 3.03. The Labute approximate surface area is 104 Å². The van der Waals surface area contributed by atoms with Gasteiger partial charge in [-0.1, -0.05) is 6.92 Å². The lowest BCUT2D eigenvalue weighted by molar-refractivity contribution is 0.350. The van der Waals surface area contributed by atoms with Crippen LogP contribution < -0.4 is 5.32 Å². The monoisotopic (exact) mass is 233 g/mol. The zero-order chi connectivity index (χ0) is 12.3. The van der Waals surface area contributed by atoms with E-state index in [9.17, 15) is 0 Å². The number of nitrogens with zero attached hydrogens (tertiary/aromatic N) is 2. The highest BCUT2D eigenvalue weighted by molar-refractivity contribution is 5.12. The first-order valence-corrected chi connectivity index (χ1v) is 6.74. The van der Waals surface area contributed by atoms with E-state index in [1.165, 1.54) is 31.4 Å². The van der Waals surface area contributed by atoms with Gasteiger partial charge in [0.25, 0.3) is 0 Å². The molecule has 0 amide bonds. The first-order valence-electron chi connectivity index (χ1n) is 6.74. The minimum Gasteiger partial charge on any atom is -0.317 e. The zero-order valence-electron chi connectivity index (χ0n) is 11.2. The maximum Gasteiger partial charge on any atom is 0.131 e. The highest BCUT2D eigenvalue weighted by Crippen LogP contribution is 2.31. The van der Waals surface area contributed by atoms with E-state index in [1.54, 1.807) is 0 Å². The highest BCUT2D eigenvalue weighted by Gasteiger charge is 2.23. The Kier molecular flexibility index (Phi) is 4.11. The van der Waals surface area contributed by atoms with E-state index in [2.05, 4.69) is 37.3 Å². The summed E-state index contributed by atoms with van der Waals surface area (Å²) in [4.78, 5) is 9.32. The molecule has 1 fully saturated rings. The fraction of sp³-hybridized carbons (Fsp3) is 0.714. The fourth-order valence-corrected chi connectivity index (χ4v) is 2.66. The molecule has 0 unspecified atom stereocenters. The molecule has 0 aliphatic heterocycles. The second kappa shape index (κ2) is 5.58. The summed E-state index contributed by atoms with van der Waals surface area (Å²) in [6.07, 6.45) is 5.94. The average Bonchev–Trinajstić information content (AvgIpc) is 2.38. The molecule has 1 N–H and O–H groups in total. The highest BCUT2D eigenvalue weighted by atomic mass is 14.9. The molecule has 1 aromatic heterocycles. The maximum absolute atomic E-state index is 4.70. The third-order valence-corrected chi connectivity index (χ3v) is 3.79. The van der Waals surface area contributed by atoms with Gasteiger partial charge in [-0.25, -0.2) is 9.97 Å². The van der Waals surface area contributed by atoms with Gasteiger partial charge in [-0.2, -0.15) is 0 Å². The molecule has 0 atom stereocenters. The Morgan fingerprint density at radius 3 is 2.53 bits per heavy atom. The molecule has 1 heterocycles. The van der Waals surface area contributed by atoms with Crippen LogP contribution in [-0.4, -0.2) is 23.1 Å². The molecule has 94 valence electrons. The van der Waals surface area contributed by atoms with Crippen molar-refractivity contribution in [1.82, 2.24) is 15.3 Å². The van der Waals surface area contributed by atoms with Crippen LogP contribution in [0.3, 0.4) is 0 Å². The molecular weight excluding hydrogens is 210 g/mol. The molecule has 3 nitrogen and oxygen atoms in total. The summed E-state index contributed by atoms with van der Waals surface area (Å²) in [6, 6.07) is 2.80. The second-order valence-electron chi connectivity index (χ2n) is 5.05. The smallest absolute Gasteiger partial charge is 0.131 e. The van der Waals surface area contributed by atoms with E-state index in [0.717, 1.165) is 17.9 Å². The Hall–Kier alpha value is -0.960. The normalized spacial score (nSPS) is 24.9. The minimum atomic E-state index is 0.574. The summed E-state index contributed by atoms with van der Waals surface area (Å²) in [6.45, 7) is 4.23. The van der Waals surface area contributed by atoms with Gasteiger partial charge < -0.3 is 5.32 Å². The average molecular weight is 233 g/mol. The van der Waals surface area contributed by atoms with Crippen LogP contribution in [0.5, 0.6) is 0 Å². The van der Waals surface area contributed by atoms with Gasteiger partial charge in [0.15, 0.2) is 0 Å². The Balaban J connectivity index is 2.10. The lowest BCUT2D eigenvalue weighted by Crippen LogP contribution is -2.30. The van der Waals surface area contributed by atoms with Crippen LogP contribution in [0, 0.1) is 6.92 Å². The molecule has 1 aliphatic rings. The largest absolute Gasteiger partial charge is 0.317 e. The van der Waals surface area contributed by atoms with Gasteiger partial charge in [-0.05, 0) is 52.1 Å². The molecule has 0 radical (unpaired) electrons. The Morgan fingerprint density at radius 1 is 1.24 bits per heavy atom. The van der Waals surface area contributed by atoms with Crippen molar-refractivity contribution in [3.8, 4) is 0 Å². The molecule has 0 bridgehead atoms. The van der Waals surface area contributed by atoms with Crippen LogP contribution >= 0.6 is 0 Å². The molecule has 1 saturated carbocycles. The number of aryl methyl sites for hydroxylation is 2. The molecule has 0 aromatic carbocycles. The molecule has 1 aromatic rings. The van der Waals surface area contributed by atoms with Gasteiger partial charge in [-0.15, -0.1) is 0 Å². The standard InChI is InChI=1S/C14H23N3/c1-4-12-9-10(2)16-14(17-12)11-5-7-13(15-3)8-6-11/h9,11,13,15H,4-8H2,1-3H3. The quantitative estimate of drug-likeness (QED) is 0.872. The molecule has 0 saturated heterocycles. The van der Waals surface area contributed by atoms with Crippen molar-refractivity contribution in [3.05, 3.63) is 23.3 Å². The summed E-state index contributed by atoms with van der Waals surface area (Å²) in [5.74, 6) is 1.65. The van der Waals surface area contributed by atoms with E-state index >= 15 is 0 Å². The number of aromatic nitrogens is 2. The first-order chi connectivity index (χ1) is 8.22. The number of hydrogen-bond donors (Lipinski definition) is 1. The van der Waals surface area contributed by atoms with E-state index < -0.39 is 0 Å². The molecule has 2 rings (SSSR count). The van der Waals surface area contributed by atoms with E-state index in [-0.39, 0.29) is 0 Å². The SMILES string of the molecule is CCc1cc(C)nc(C2CCC(NC)CC2)n1.